The summed E-state index contributed by atoms with van der Waals surface area (Å²) >= 11 is 0. The average molecular weight is 326 g/mol. The molecule has 0 saturated carbocycles. The first-order chi connectivity index (χ1) is 11.2. The van der Waals surface area contributed by atoms with Crippen molar-refractivity contribution in [1.82, 2.24) is 9.78 Å². The molecule has 0 atom stereocenters. The maximum absolute atomic E-state index is 12.1. The number of methoxy groups -OCH3 is 1. The van der Waals surface area contributed by atoms with Crippen LogP contribution in [0.2, 0.25) is 0 Å². The Balaban J connectivity index is 2.42. The van der Waals surface area contributed by atoms with Gasteiger partial charge in [-0.05, 0) is 48.1 Å². The average Bonchev–Trinajstić information content (AvgIpc) is 2.91. The van der Waals surface area contributed by atoms with Crippen LogP contribution in [-0.4, -0.2) is 22.9 Å². The molecule has 0 amide bonds. The van der Waals surface area contributed by atoms with Gasteiger partial charge in [-0.15, -0.1) is 0 Å². The molecule has 0 unspecified atom stereocenters. The van der Waals surface area contributed by atoms with E-state index in [1.165, 1.54) is 23.8 Å². The lowest BCUT2D eigenvalue weighted by Gasteiger charge is -2.11. The summed E-state index contributed by atoms with van der Waals surface area (Å²) < 4.78 is 6.64. The van der Waals surface area contributed by atoms with E-state index in [0.29, 0.717) is 12.2 Å². The molecule has 1 aromatic heterocycles. The summed E-state index contributed by atoms with van der Waals surface area (Å²) in [7, 11) is 1.39. The first-order valence-corrected chi connectivity index (χ1v) is 8.12. The highest BCUT2D eigenvalue weighted by Crippen LogP contribution is 2.19. The standard InChI is InChI=1S/C20H26N2O2/c1-14-8-7-9-15(2)17(14)13-22-18(19(23)24-6)12-16(21-22)10-11-20(3,4)5/h7-12H,13H2,1-6H3. The fourth-order valence-electron chi connectivity index (χ4n) is 2.49. The highest BCUT2D eigenvalue weighted by molar-refractivity contribution is 5.88. The van der Waals surface area contributed by atoms with Gasteiger partial charge in [-0.2, -0.15) is 5.10 Å². The van der Waals surface area contributed by atoms with E-state index < -0.39 is 0 Å². The van der Waals surface area contributed by atoms with Crippen LogP contribution in [0.5, 0.6) is 0 Å². The molecule has 0 aliphatic heterocycles. The number of aromatic nitrogens is 2. The van der Waals surface area contributed by atoms with Gasteiger partial charge >= 0.3 is 5.97 Å². The highest BCUT2D eigenvalue weighted by Gasteiger charge is 2.17. The molecule has 0 bridgehead atoms. The number of esters is 1. The van der Waals surface area contributed by atoms with Gasteiger partial charge in [0.15, 0.2) is 0 Å². The molecule has 128 valence electrons. The molecule has 1 heterocycles. The summed E-state index contributed by atoms with van der Waals surface area (Å²) in [6, 6.07) is 7.96. The van der Waals surface area contributed by atoms with Crippen molar-refractivity contribution in [3.05, 3.63) is 58.4 Å². The van der Waals surface area contributed by atoms with Crippen molar-refractivity contribution in [3.63, 3.8) is 0 Å². The predicted molar refractivity (Wildman–Crippen MR) is 97.1 cm³/mol. The third kappa shape index (κ3) is 4.34. The summed E-state index contributed by atoms with van der Waals surface area (Å²) in [5.74, 6) is -0.371. The molecule has 0 spiro atoms. The second-order valence-electron chi connectivity index (χ2n) is 7.17. The second kappa shape index (κ2) is 7.04. The number of hydrogen-bond donors (Lipinski definition) is 0. The number of rotatable bonds is 4. The summed E-state index contributed by atoms with van der Waals surface area (Å²) in [6.07, 6.45) is 4.04. The number of ether oxygens (including phenoxy) is 1. The van der Waals surface area contributed by atoms with Crippen LogP contribution < -0.4 is 0 Å². The first-order valence-electron chi connectivity index (χ1n) is 8.12. The van der Waals surface area contributed by atoms with Gasteiger partial charge in [0.05, 0.1) is 19.3 Å². The van der Waals surface area contributed by atoms with Crippen molar-refractivity contribution in [3.8, 4) is 0 Å². The van der Waals surface area contributed by atoms with Gasteiger partial charge in [0.1, 0.15) is 5.69 Å². The minimum absolute atomic E-state index is 0.0574. The summed E-state index contributed by atoms with van der Waals surface area (Å²) in [5.41, 5.74) is 4.84. The Morgan fingerprint density at radius 1 is 1.25 bits per heavy atom. The van der Waals surface area contributed by atoms with Crippen molar-refractivity contribution in [2.45, 2.75) is 41.2 Å². The van der Waals surface area contributed by atoms with E-state index in [-0.39, 0.29) is 11.4 Å². The summed E-state index contributed by atoms with van der Waals surface area (Å²) in [4.78, 5) is 12.1. The normalized spacial score (nSPS) is 11.9. The van der Waals surface area contributed by atoms with Gasteiger partial charge in [0.25, 0.3) is 0 Å². The molecule has 0 radical (unpaired) electrons. The van der Waals surface area contributed by atoms with Gasteiger partial charge in [-0.1, -0.05) is 45.0 Å². The largest absolute Gasteiger partial charge is 0.464 e. The van der Waals surface area contributed by atoms with Gasteiger partial charge in [-0.25, -0.2) is 4.79 Å². The van der Waals surface area contributed by atoms with Crippen LogP contribution in [0.15, 0.2) is 30.3 Å². The quantitative estimate of drug-likeness (QED) is 0.783. The first kappa shape index (κ1) is 18.0. The van der Waals surface area contributed by atoms with Crippen LogP contribution in [-0.2, 0) is 11.3 Å². The van der Waals surface area contributed by atoms with Crippen molar-refractivity contribution < 1.29 is 9.53 Å². The lowest BCUT2D eigenvalue weighted by atomic mass is 9.96. The molecule has 2 rings (SSSR count). The van der Waals surface area contributed by atoms with Crippen LogP contribution in [0, 0.1) is 19.3 Å². The third-order valence-corrected chi connectivity index (χ3v) is 3.90. The van der Waals surface area contributed by atoms with E-state index in [0.717, 1.165) is 5.69 Å². The number of carbonyl (C=O) groups excluding carboxylic acids is 1. The third-order valence-electron chi connectivity index (χ3n) is 3.90. The van der Waals surface area contributed by atoms with Crippen LogP contribution in [0.25, 0.3) is 6.08 Å². The molecule has 24 heavy (non-hydrogen) atoms. The molecule has 4 heteroatoms. The SMILES string of the molecule is COC(=O)c1cc(C=CC(C)(C)C)nn1Cc1c(C)cccc1C. The molecule has 0 fully saturated rings. The highest BCUT2D eigenvalue weighted by atomic mass is 16.5. The van der Waals surface area contributed by atoms with Crippen molar-refractivity contribution in [1.29, 1.82) is 0 Å². The smallest absolute Gasteiger partial charge is 0.356 e. The number of aryl methyl sites for hydroxylation is 2. The van der Waals surface area contributed by atoms with Crippen LogP contribution in [0.4, 0.5) is 0 Å². The Hall–Kier alpha value is -2.36. The Morgan fingerprint density at radius 2 is 1.88 bits per heavy atom. The maximum atomic E-state index is 12.1. The lowest BCUT2D eigenvalue weighted by molar-refractivity contribution is 0.0587. The topological polar surface area (TPSA) is 44.1 Å². The van der Waals surface area contributed by atoms with E-state index in [1.807, 2.05) is 12.1 Å². The Morgan fingerprint density at radius 3 is 2.42 bits per heavy atom. The van der Waals surface area contributed by atoms with E-state index in [1.54, 1.807) is 10.7 Å². The fourth-order valence-corrected chi connectivity index (χ4v) is 2.49. The zero-order chi connectivity index (χ0) is 17.9. The van der Waals surface area contributed by atoms with E-state index in [4.69, 9.17) is 4.74 Å². The molecule has 0 aliphatic carbocycles. The Bertz CT molecular complexity index is 744. The van der Waals surface area contributed by atoms with Crippen LogP contribution >= 0.6 is 0 Å². The summed E-state index contributed by atoms with van der Waals surface area (Å²) in [6.45, 7) is 11.1. The van der Waals surface area contributed by atoms with Crippen molar-refractivity contribution in [2.24, 2.45) is 5.41 Å². The summed E-state index contributed by atoms with van der Waals surface area (Å²) in [5, 5.41) is 4.59. The molecular formula is C20H26N2O2. The number of benzene rings is 1. The van der Waals surface area contributed by atoms with Crippen LogP contribution in [0.1, 0.15) is 53.6 Å². The fraction of sp³-hybridized carbons (Fsp3) is 0.400. The second-order valence-corrected chi connectivity index (χ2v) is 7.17. The molecule has 0 aliphatic rings. The van der Waals surface area contributed by atoms with Crippen LogP contribution in [0.3, 0.4) is 0 Å². The lowest BCUT2D eigenvalue weighted by Crippen LogP contribution is -2.14. The number of allylic oxidation sites excluding steroid dienone is 1. The van der Waals surface area contributed by atoms with Crippen molar-refractivity contribution in [2.75, 3.05) is 7.11 Å². The van der Waals surface area contributed by atoms with Gasteiger partial charge in [-0.3, -0.25) is 4.68 Å². The van der Waals surface area contributed by atoms with E-state index in [2.05, 4.69) is 57.9 Å². The minimum atomic E-state index is -0.371. The molecule has 0 saturated heterocycles. The van der Waals surface area contributed by atoms with Crippen molar-refractivity contribution >= 4 is 12.0 Å². The Kier molecular flexibility index (Phi) is 5.27. The molecule has 2 aromatic rings. The molecule has 4 nitrogen and oxygen atoms in total. The maximum Gasteiger partial charge on any atom is 0.356 e. The number of hydrogen-bond acceptors (Lipinski definition) is 3. The van der Waals surface area contributed by atoms with E-state index >= 15 is 0 Å². The van der Waals surface area contributed by atoms with Gasteiger partial charge < -0.3 is 4.74 Å². The van der Waals surface area contributed by atoms with Gasteiger partial charge in [0, 0.05) is 0 Å². The minimum Gasteiger partial charge on any atom is -0.464 e. The monoisotopic (exact) mass is 326 g/mol. The Labute approximate surface area is 144 Å². The molecular weight excluding hydrogens is 300 g/mol. The van der Waals surface area contributed by atoms with Gasteiger partial charge in [0.2, 0.25) is 0 Å². The van der Waals surface area contributed by atoms with E-state index in [9.17, 15) is 4.79 Å². The zero-order valence-corrected chi connectivity index (χ0v) is 15.4. The number of nitrogens with zero attached hydrogens (tertiary/aromatic N) is 2. The molecule has 1 aromatic carbocycles. The molecule has 0 N–H and O–H groups in total. The number of carbonyl (C=O) groups is 1. The zero-order valence-electron chi connectivity index (χ0n) is 15.4. The predicted octanol–water partition coefficient (Wildman–Crippen LogP) is 4.39.